The van der Waals surface area contributed by atoms with Crippen LogP contribution >= 0.6 is 0 Å². The van der Waals surface area contributed by atoms with E-state index in [1.807, 2.05) is 21.0 Å². The Kier molecular flexibility index (Phi) is 7.99. The summed E-state index contributed by atoms with van der Waals surface area (Å²) in [6, 6.07) is 0. The van der Waals surface area contributed by atoms with Crippen molar-refractivity contribution >= 4 is 0 Å². The summed E-state index contributed by atoms with van der Waals surface area (Å²) < 4.78 is 5.39. The molecule has 0 bridgehead atoms. The van der Waals surface area contributed by atoms with Gasteiger partial charge in [0.25, 0.3) is 0 Å². The Morgan fingerprint density at radius 1 is 1.38 bits per heavy atom. The number of nitrogens with one attached hydrogen (secondary N) is 1. The van der Waals surface area contributed by atoms with Crippen molar-refractivity contribution in [2.75, 3.05) is 46.9 Å². The summed E-state index contributed by atoms with van der Waals surface area (Å²) in [4.78, 5) is 2.11. The maximum absolute atomic E-state index is 5.39. The van der Waals surface area contributed by atoms with Gasteiger partial charge in [-0.05, 0) is 21.0 Å². The molecule has 13 heavy (non-hydrogen) atoms. The van der Waals surface area contributed by atoms with E-state index in [1.54, 1.807) is 0 Å². The molecule has 0 amide bonds. The lowest BCUT2D eigenvalue weighted by molar-refractivity contribution is 0.120. The lowest BCUT2D eigenvalue weighted by atomic mass is 10.3. The Bertz CT molecular complexity index is 135. The largest absolute Gasteiger partial charge is 0.379 e. The van der Waals surface area contributed by atoms with E-state index in [0.717, 1.165) is 38.4 Å². The van der Waals surface area contributed by atoms with Crippen molar-refractivity contribution in [2.45, 2.75) is 6.92 Å². The van der Waals surface area contributed by atoms with E-state index >= 15 is 0 Å². The average molecular weight is 186 g/mol. The molecule has 0 saturated heterocycles. The van der Waals surface area contributed by atoms with Crippen molar-refractivity contribution in [3.8, 4) is 0 Å². The topological polar surface area (TPSA) is 24.5 Å². The van der Waals surface area contributed by atoms with Crippen molar-refractivity contribution < 1.29 is 4.74 Å². The SMILES string of the molecule is C=C(C)CNCCOCCN(C)C. The third kappa shape index (κ3) is 11.6. The van der Waals surface area contributed by atoms with Crippen LogP contribution in [-0.4, -0.2) is 51.8 Å². The van der Waals surface area contributed by atoms with Gasteiger partial charge in [0.05, 0.1) is 13.2 Å². The van der Waals surface area contributed by atoms with Crippen molar-refractivity contribution in [2.24, 2.45) is 0 Å². The molecule has 0 aromatic carbocycles. The molecular weight excluding hydrogens is 164 g/mol. The zero-order chi connectivity index (χ0) is 10.1. The molecule has 0 spiro atoms. The van der Waals surface area contributed by atoms with E-state index in [2.05, 4.69) is 16.8 Å². The van der Waals surface area contributed by atoms with Gasteiger partial charge in [0, 0.05) is 19.6 Å². The molecule has 0 aliphatic carbocycles. The first-order valence-corrected chi connectivity index (χ1v) is 4.70. The average Bonchev–Trinajstić information content (AvgIpc) is 2.01. The zero-order valence-electron chi connectivity index (χ0n) is 9.10. The Balaban J connectivity index is 2.96. The fourth-order valence-corrected chi connectivity index (χ4v) is 0.795. The van der Waals surface area contributed by atoms with Crippen LogP contribution in [0.1, 0.15) is 6.92 Å². The quantitative estimate of drug-likeness (QED) is 0.447. The molecule has 0 unspecified atom stereocenters. The van der Waals surface area contributed by atoms with E-state index in [1.165, 1.54) is 0 Å². The van der Waals surface area contributed by atoms with Crippen molar-refractivity contribution in [1.82, 2.24) is 10.2 Å². The van der Waals surface area contributed by atoms with Crippen LogP contribution in [-0.2, 0) is 4.74 Å². The minimum Gasteiger partial charge on any atom is -0.379 e. The Labute approximate surface area is 81.8 Å². The summed E-state index contributed by atoms with van der Waals surface area (Å²) in [5, 5.41) is 3.23. The second kappa shape index (κ2) is 8.23. The highest BCUT2D eigenvalue weighted by Gasteiger charge is 1.91. The number of hydrogen-bond donors (Lipinski definition) is 1. The molecule has 0 atom stereocenters. The van der Waals surface area contributed by atoms with Gasteiger partial charge < -0.3 is 15.0 Å². The van der Waals surface area contributed by atoms with Crippen LogP contribution in [0.2, 0.25) is 0 Å². The number of likely N-dealkylation sites (N-methyl/N-ethyl adjacent to an activating group) is 1. The monoisotopic (exact) mass is 186 g/mol. The Morgan fingerprint density at radius 2 is 2.08 bits per heavy atom. The maximum atomic E-state index is 5.39. The van der Waals surface area contributed by atoms with Crippen molar-refractivity contribution in [3.05, 3.63) is 12.2 Å². The summed E-state index contributed by atoms with van der Waals surface area (Å²) in [5.74, 6) is 0. The van der Waals surface area contributed by atoms with Gasteiger partial charge in [-0.1, -0.05) is 12.2 Å². The van der Waals surface area contributed by atoms with Gasteiger partial charge in [0.2, 0.25) is 0 Å². The molecule has 0 heterocycles. The smallest absolute Gasteiger partial charge is 0.0593 e. The first-order chi connectivity index (χ1) is 6.13. The minimum absolute atomic E-state index is 0.779. The van der Waals surface area contributed by atoms with Crippen LogP contribution in [0, 0.1) is 0 Å². The fraction of sp³-hybridized carbons (Fsp3) is 0.800. The fourth-order valence-electron chi connectivity index (χ4n) is 0.795. The van der Waals surface area contributed by atoms with E-state index in [-0.39, 0.29) is 0 Å². The van der Waals surface area contributed by atoms with Crippen LogP contribution < -0.4 is 5.32 Å². The van der Waals surface area contributed by atoms with Gasteiger partial charge in [0.15, 0.2) is 0 Å². The zero-order valence-corrected chi connectivity index (χ0v) is 9.10. The van der Waals surface area contributed by atoms with Crippen LogP contribution in [0.5, 0.6) is 0 Å². The Hall–Kier alpha value is -0.380. The molecule has 78 valence electrons. The highest BCUT2D eigenvalue weighted by molar-refractivity contribution is 4.90. The predicted octanol–water partition coefficient (Wildman–Crippen LogP) is 0.730. The summed E-state index contributed by atoms with van der Waals surface area (Å²) in [6.45, 7) is 10.2. The summed E-state index contributed by atoms with van der Waals surface area (Å²) >= 11 is 0. The lowest BCUT2D eigenvalue weighted by Gasteiger charge is -2.10. The minimum atomic E-state index is 0.779. The number of hydrogen-bond acceptors (Lipinski definition) is 3. The first-order valence-electron chi connectivity index (χ1n) is 4.70. The second-order valence-corrected chi connectivity index (χ2v) is 3.55. The molecule has 0 rings (SSSR count). The molecule has 0 aliphatic rings. The lowest BCUT2D eigenvalue weighted by Crippen LogP contribution is -2.24. The summed E-state index contributed by atoms with van der Waals surface area (Å²) in [5.41, 5.74) is 1.16. The summed E-state index contributed by atoms with van der Waals surface area (Å²) in [7, 11) is 4.09. The maximum Gasteiger partial charge on any atom is 0.0593 e. The van der Waals surface area contributed by atoms with Crippen LogP contribution in [0.25, 0.3) is 0 Å². The van der Waals surface area contributed by atoms with Gasteiger partial charge in [-0.25, -0.2) is 0 Å². The highest BCUT2D eigenvalue weighted by Crippen LogP contribution is 1.81. The van der Waals surface area contributed by atoms with Gasteiger partial charge in [-0.2, -0.15) is 0 Å². The van der Waals surface area contributed by atoms with Crippen molar-refractivity contribution in [3.63, 3.8) is 0 Å². The van der Waals surface area contributed by atoms with Crippen LogP contribution in [0.4, 0.5) is 0 Å². The second-order valence-electron chi connectivity index (χ2n) is 3.55. The normalized spacial score (nSPS) is 10.8. The molecule has 0 aromatic heterocycles. The molecule has 3 heteroatoms. The van der Waals surface area contributed by atoms with E-state index in [9.17, 15) is 0 Å². The van der Waals surface area contributed by atoms with Gasteiger partial charge in [-0.15, -0.1) is 0 Å². The third-order valence-electron chi connectivity index (χ3n) is 1.53. The van der Waals surface area contributed by atoms with Crippen LogP contribution in [0.3, 0.4) is 0 Å². The first kappa shape index (κ1) is 12.6. The van der Waals surface area contributed by atoms with E-state index in [0.29, 0.717) is 0 Å². The molecular formula is C10H22N2O. The molecule has 1 N–H and O–H groups in total. The molecule has 0 aromatic rings. The number of rotatable bonds is 8. The van der Waals surface area contributed by atoms with Crippen LogP contribution in [0.15, 0.2) is 12.2 Å². The van der Waals surface area contributed by atoms with Crippen molar-refractivity contribution in [1.29, 1.82) is 0 Å². The van der Waals surface area contributed by atoms with Gasteiger partial charge >= 0.3 is 0 Å². The highest BCUT2D eigenvalue weighted by atomic mass is 16.5. The van der Waals surface area contributed by atoms with Gasteiger partial charge in [0.1, 0.15) is 0 Å². The Morgan fingerprint density at radius 3 is 2.62 bits per heavy atom. The number of ether oxygens (including phenoxy) is 1. The van der Waals surface area contributed by atoms with Gasteiger partial charge in [-0.3, -0.25) is 0 Å². The standard InChI is InChI=1S/C10H22N2O/c1-10(2)9-11-5-7-13-8-6-12(3)4/h11H,1,5-9H2,2-4H3. The van der Waals surface area contributed by atoms with E-state index < -0.39 is 0 Å². The molecule has 0 radical (unpaired) electrons. The molecule has 3 nitrogen and oxygen atoms in total. The third-order valence-corrected chi connectivity index (χ3v) is 1.53. The molecule has 0 aliphatic heterocycles. The molecule has 0 saturated carbocycles. The summed E-state index contributed by atoms with van der Waals surface area (Å²) in [6.07, 6.45) is 0. The predicted molar refractivity (Wildman–Crippen MR) is 57.1 cm³/mol. The van der Waals surface area contributed by atoms with E-state index in [4.69, 9.17) is 4.74 Å². The molecule has 0 fully saturated rings. The number of nitrogens with zero attached hydrogens (tertiary/aromatic N) is 1.